The maximum atomic E-state index is 3.74. The second-order valence-corrected chi connectivity index (χ2v) is 1.28. The van der Waals surface area contributed by atoms with Crippen molar-refractivity contribution in [3.63, 3.8) is 0 Å². The second kappa shape index (κ2) is 4.33. The molecular weight excluding hydrogens is 102 g/mol. The molecule has 0 saturated heterocycles. The van der Waals surface area contributed by atoms with Crippen molar-refractivity contribution >= 4 is 6.34 Å². The van der Waals surface area contributed by atoms with E-state index in [9.17, 15) is 0 Å². The molecule has 0 bridgehead atoms. The van der Waals surface area contributed by atoms with E-state index >= 15 is 0 Å². The molecular formula is C5H11N3. The minimum absolute atomic E-state index is 1.48. The fourth-order valence-electron chi connectivity index (χ4n) is 0.205. The highest BCUT2D eigenvalue weighted by Gasteiger charge is 1.76. The molecule has 0 fully saturated rings. The number of rotatable bonds is 3. The van der Waals surface area contributed by atoms with Crippen LogP contribution in [0, 0.1) is 0 Å². The zero-order valence-electron chi connectivity index (χ0n) is 5.26. The third-order valence-electron chi connectivity index (χ3n) is 0.698. The molecule has 0 atom stereocenters. The number of nitrogens with zero attached hydrogens (tertiary/aromatic N) is 2. The Labute approximate surface area is 49.7 Å². The van der Waals surface area contributed by atoms with Crippen LogP contribution in [0.25, 0.3) is 0 Å². The summed E-state index contributed by atoms with van der Waals surface area (Å²) >= 11 is 0. The predicted octanol–water partition coefficient (Wildman–Crippen LogP) is 0.224. The predicted molar refractivity (Wildman–Crippen MR) is 35.5 cm³/mol. The lowest BCUT2D eigenvalue weighted by Gasteiger charge is -2.07. The number of hydrogen-bond donors (Lipinski definition) is 1. The van der Waals surface area contributed by atoms with E-state index in [1.54, 1.807) is 11.3 Å². The Morgan fingerprint density at radius 3 is 2.75 bits per heavy atom. The molecule has 3 nitrogen and oxygen atoms in total. The highest BCUT2D eigenvalue weighted by Crippen LogP contribution is 1.66. The fourth-order valence-corrected chi connectivity index (χ4v) is 0.205. The van der Waals surface area contributed by atoms with Crippen molar-refractivity contribution in [1.82, 2.24) is 10.4 Å². The Bertz CT molecular complexity index is 87.7. The average molecular weight is 113 g/mol. The maximum Gasteiger partial charge on any atom is 0.104 e. The molecule has 3 heteroatoms. The molecule has 0 aromatic rings. The molecule has 0 aromatic carbocycles. The van der Waals surface area contributed by atoms with Crippen molar-refractivity contribution in [1.29, 1.82) is 0 Å². The summed E-state index contributed by atoms with van der Waals surface area (Å²) < 4.78 is 0. The van der Waals surface area contributed by atoms with Crippen LogP contribution in [0.4, 0.5) is 0 Å². The van der Waals surface area contributed by atoms with E-state index < -0.39 is 0 Å². The van der Waals surface area contributed by atoms with Gasteiger partial charge in [0.2, 0.25) is 0 Å². The first-order valence-electron chi connectivity index (χ1n) is 2.35. The van der Waals surface area contributed by atoms with Crippen LogP contribution in [-0.2, 0) is 0 Å². The first kappa shape index (κ1) is 7.17. The van der Waals surface area contributed by atoms with Crippen LogP contribution in [0.5, 0.6) is 0 Å². The first-order chi connectivity index (χ1) is 3.81. The van der Waals surface area contributed by atoms with Gasteiger partial charge in [0.05, 0.1) is 0 Å². The molecule has 46 valence electrons. The Balaban J connectivity index is 3.35. The first-order valence-corrected chi connectivity index (χ1v) is 2.35. The topological polar surface area (TPSA) is 27.6 Å². The molecule has 0 spiro atoms. The van der Waals surface area contributed by atoms with Gasteiger partial charge in [-0.05, 0) is 0 Å². The van der Waals surface area contributed by atoms with Crippen LogP contribution in [0.2, 0.25) is 0 Å². The maximum absolute atomic E-state index is 3.74. The van der Waals surface area contributed by atoms with Crippen molar-refractivity contribution in [3.05, 3.63) is 12.8 Å². The summed E-state index contributed by atoms with van der Waals surface area (Å²) in [5.74, 6) is 0. The minimum atomic E-state index is 1.48. The van der Waals surface area contributed by atoms with Gasteiger partial charge in [-0.15, -0.1) is 0 Å². The van der Waals surface area contributed by atoms with Crippen LogP contribution in [0.15, 0.2) is 17.8 Å². The smallest absolute Gasteiger partial charge is 0.104 e. The van der Waals surface area contributed by atoms with Crippen molar-refractivity contribution in [2.75, 3.05) is 14.1 Å². The third kappa shape index (κ3) is 3.36. The summed E-state index contributed by atoms with van der Waals surface area (Å²) in [6.07, 6.45) is 3.11. The van der Waals surface area contributed by atoms with E-state index in [0.717, 1.165) is 0 Å². The molecule has 0 saturated carbocycles. The van der Waals surface area contributed by atoms with E-state index in [1.165, 1.54) is 6.20 Å². The summed E-state index contributed by atoms with van der Waals surface area (Å²) in [7, 11) is 3.67. The summed E-state index contributed by atoms with van der Waals surface area (Å²) in [5.41, 5.74) is 2.84. The molecule has 0 radical (unpaired) electrons. The minimum Gasteiger partial charge on any atom is -0.302 e. The number of nitrogens with one attached hydrogen (secondary N) is 1. The van der Waals surface area contributed by atoms with Crippen LogP contribution in [0.3, 0.4) is 0 Å². The number of hydrogen-bond acceptors (Lipinski definition) is 2. The molecule has 0 rings (SSSR count). The van der Waals surface area contributed by atoms with E-state index in [0.29, 0.717) is 0 Å². The summed E-state index contributed by atoms with van der Waals surface area (Å²) in [5, 5.41) is 1.72. The van der Waals surface area contributed by atoms with Gasteiger partial charge >= 0.3 is 0 Å². The number of hydrazine groups is 1. The average Bonchev–Trinajstić information content (AvgIpc) is 1.83. The van der Waals surface area contributed by atoms with E-state index in [4.69, 9.17) is 0 Å². The molecule has 0 amide bonds. The van der Waals surface area contributed by atoms with Crippen LogP contribution < -0.4 is 5.43 Å². The van der Waals surface area contributed by atoms with Gasteiger partial charge in [0.1, 0.15) is 6.34 Å². The van der Waals surface area contributed by atoms with Crippen molar-refractivity contribution in [2.45, 2.75) is 0 Å². The van der Waals surface area contributed by atoms with E-state index in [1.807, 2.05) is 14.1 Å². The van der Waals surface area contributed by atoms with Crippen molar-refractivity contribution in [3.8, 4) is 0 Å². The zero-order valence-corrected chi connectivity index (χ0v) is 5.26. The lowest BCUT2D eigenvalue weighted by Crippen LogP contribution is -2.28. The molecule has 8 heavy (non-hydrogen) atoms. The molecule has 0 aliphatic carbocycles. The molecule has 0 unspecified atom stereocenters. The SMILES string of the molecule is C=C/N=C\N(C)NC. The normalized spacial score (nSPS) is 9.75. The van der Waals surface area contributed by atoms with Gasteiger partial charge in [0.25, 0.3) is 0 Å². The molecule has 0 aliphatic heterocycles. The van der Waals surface area contributed by atoms with E-state index in [2.05, 4.69) is 17.0 Å². The lowest BCUT2D eigenvalue weighted by atomic mass is 11.0. The van der Waals surface area contributed by atoms with Gasteiger partial charge < -0.3 is 5.01 Å². The highest BCUT2D eigenvalue weighted by atomic mass is 15.5. The zero-order chi connectivity index (χ0) is 6.41. The highest BCUT2D eigenvalue weighted by molar-refractivity contribution is 5.54. The fraction of sp³-hybridized carbons (Fsp3) is 0.400. The van der Waals surface area contributed by atoms with Gasteiger partial charge in [-0.3, -0.25) is 0 Å². The lowest BCUT2D eigenvalue weighted by molar-refractivity contribution is 0.422. The van der Waals surface area contributed by atoms with Crippen LogP contribution in [-0.4, -0.2) is 25.4 Å². The Morgan fingerprint density at radius 1 is 1.75 bits per heavy atom. The summed E-state index contributed by atoms with van der Waals surface area (Å²) in [4.78, 5) is 3.74. The second-order valence-electron chi connectivity index (χ2n) is 1.28. The summed E-state index contributed by atoms with van der Waals surface area (Å²) in [6.45, 7) is 3.41. The Morgan fingerprint density at radius 2 is 2.38 bits per heavy atom. The Kier molecular flexibility index (Phi) is 3.88. The Hall–Kier alpha value is -0.830. The van der Waals surface area contributed by atoms with Gasteiger partial charge in [-0.1, -0.05) is 6.58 Å². The van der Waals surface area contributed by atoms with Crippen LogP contribution in [0.1, 0.15) is 0 Å². The molecule has 0 heterocycles. The van der Waals surface area contributed by atoms with Gasteiger partial charge in [0, 0.05) is 20.3 Å². The van der Waals surface area contributed by atoms with E-state index in [-0.39, 0.29) is 0 Å². The molecule has 0 aliphatic rings. The molecule has 0 aromatic heterocycles. The van der Waals surface area contributed by atoms with Gasteiger partial charge in [-0.25, -0.2) is 10.4 Å². The van der Waals surface area contributed by atoms with Crippen molar-refractivity contribution < 1.29 is 0 Å². The van der Waals surface area contributed by atoms with Gasteiger partial charge in [-0.2, -0.15) is 0 Å². The molecule has 1 N–H and O–H groups in total. The van der Waals surface area contributed by atoms with Gasteiger partial charge in [0.15, 0.2) is 0 Å². The number of aliphatic imine (C=N–C) groups is 1. The van der Waals surface area contributed by atoms with Crippen molar-refractivity contribution in [2.24, 2.45) is 4.99 Å². The summed E-state index contributed by atoms with van der Waals surface area (Å²) in [6, 6.07) is 0. The largest absolute Gasteiger partial charge is 0.302 e. The third-order valence-corrected chi connectivity index (χ3v) is 0.698. The standard InChI is InChI=1S/C5H11N3/c1-4-7-5-8(3)6-2/h4-6H,1H2,2-3H3/b7-5-. The monoisotopic (exact) mass is 113 g/mol. The van der Waals surface area contributed by atoms with Crippen LogP contribution >= 0.6 is 0 Å². The quantitative estimate of drug-likeness (QED) is 0.322.